The van der Waals surface area contributed by atoms with E-state index in [1.807, 2.05) is 6.07 Å². The highest BCUT2D eigenvalue weighted by Gasteiger charge is 2.44. The number of para-hydroxylation sites is 2. The molecule has 1 aromatic carbocycles. The maximum absolute atomic E-state index is 13.1. The SMILES string of the molecule is CCOC(=O)C1C(=O)/C(=C/c2c[nH]c3ncccc23)OC1=Nc1ccccc1OCCO. The van der Waals surface area contributed by atoms with E-state index in [2.05, 4.69) is 15.0 Å². The molecule has 2 N–H and O–H groups in total. The molecule has 3 aromatic rings. The van der Waals surface area contributed by atoms with Crippen LogP contribution < -0.4 is 4.74 Å². The van der Waals surface area contributed by atoms with Crippen LogP contribution in [0.15, 0.2) is 59.5 Å². The Balaban J connectivity index is 1.74. The van der Waals surface area contributed by atoms with E-state index in [-0.39, 0.29) is 31.5 Å². The Kier molecular flexibility index (Phi) is 6.27. The van der Waals surface area contributed by atoms with E-state index < -0.39 is 17.7 Å². The number of carbonyl (C=O) groups is 2. The lowest BCUT2D eigenvalue weighted by Crippen LogP contribution is -2.27. The predicted molar refractivity (Wildman–Crippen MR) is 116 cm³/mol. The average molecular weight is 435 g/mol. The van der Waals surface area contributed by atoms with Crippen LogP contribution in [-0.2, 0) is 19.1 Å². The van der Waals surface area contributed by atoms with Gasteiger partial charge in [-0.3, -0.25) is 9.59 Å². The molecule has 0 saturated carbocycles. The highest BCUT2D eigenvalue weighted by Crippen LogP contribution is 2.32. The lowest BCUT2D eigenvalue weighted by molar-refractivity contribution is -0.147. The third-order valence-electron chi connectivity index (χ3n) is 4.70. The number of ether oxygens (including phenoxy) is 3. The summed E-state index contributed by atoms with van der Waals surface area (Å²) in [6.07, 6.45) is 4.91. The minimum absolute atomic E-state index is 0.0275. The van der Waals surface area contributed by atoms with Crippen molar-refractivity contribution in [1.82, 2.24) is 9.97 Å². The number of aliphatic hydroxyl groups is 1. The van der Waals surface area contributed by atoms with E-state index in [9.17, 15) is 9.59 Å². The number of pyridine rings is 1. The summed E-state index contributed by atoms with van der Waals surface area (Å²) in [5.74, 6) is -2.36. The van der Waals surface area contributed by atoms with Crippen molar-refractivity contribution in [3.63, 3.8) is 0 Å². The smallest absolute Gasteiger partial charge is 0.326 e. The van der Waals surface area contributed by atoms with Gasteiger partial charge in [0.1, 0.15) is 23.7 Å². The number of ketones is 1. The number of hydrogen-bond acceptors (Lipinski definition) is 8. The second kappa shape index (κ2) is 9.44. The first-order valence-corrected chi connectivity index (χ1v) is 10.1. The molecule has 0 radical (unpaired) electrons. The predicted octanol–water partition coefficient (Wildman–Crippen LogP) is 2.78. The zero-order valence-electron chi connectivity index (χ0n) is 17.3. The molecular weight excluding hydrogens is 414 g/mol. The molecule has 1 saturated heterocycles. The summed E-state index contributed by atoms with van der Waals surface area (Å²) < 4.78 is 16.3. The van der Waals surface area contributed by atoms with E-state index in [1.165, 1.54) is 0 Å². The molecular formula is C23H21N3O6. The molecule has 0 amide bonds. The summed E-state index contributed by atoms with van der Waals surface area (Å²) in [6, 6.07) is 10.4. The lowest BCUT2D eigenvalue weighted by Gasteiger charge is -2.09. The van der Waals surface area contributed by atoms with Crippen molar-refractivity contribution in [3.8, 4) is 5.75 Å². The maximum atomic E-state index is 13.1. The van der Waals surface area contributed by atoms with Crippen LogP contribution in [-0.4, -0.2) is 52.5 Å². The number of nitrogens with zero attached hydrogens (tertiary/aromatic N) is 2. The van der Waals surface area contributed by atoms with Gasteiger partial charge in [0.2, 0.25) is 11.7 Å². The molecule has 9 nitrogen and oxygen atoms in total. The van der Waals surface area contributed by atoms with Crippen molar-refractivity contribution in [3.05, 3.63) is 60.1 Å². The van der Waals surface area contributed by atoms with Gasteiger partial charge in [-0.15, -0.1) is 0 Å². The van der Waals surface area contributed by atoms with Crippen LogP contribution in [0.2, 0.25) is 0 Å². The normalized spacial score (nSPS) is 18.3. The van der Waals surface area contributed by atoms with Crippen molar-refractivity contribution in [1.29, 1.82) is 0 Å². The van der Waals surface area contributed by atoms with E-state index in [0.29, 0.717) is 22.6 Å². The van der Waals surface area contributed by atoms with Gasteiger partial charge in [-0.25, -0.2) is 9.98 Å². The van der Waals surface area contributed by atoms with Gasteiger partial charge in [0, 0.05) is 23.3 Å². The van der Waals surface area contributed by atoms with Gasteiger partial charge in [-0.05, 0) is 37.3 Å². The fraction of sp³-hybridized carbons (Fsp3) is 0.217. The number of hydrogen-bond donors (Lipinski definition) is 2. The number of allylic oxidation sites excluding steroid dienone is 1. The summed E-state index contributed by atoms with van der Waals surface area (Å²) in [6.45, 7) is 1.67. The van der Waals surface area contributed by atoms with Crippen LogP contribution in [0.3, 0.4) is 0 Å². The largest absolute Gasteiger partial charge is 0.489 e. The number of esters is 1. The molecule has 4 rings (SSSR count). The van der Waals surface area contributed by atoms with E-state index in [4.69, 9.17) is 19.3 Å². The zero-order chi connectivity index (χ0) is 22.5. The first-order chi connectivity index (χ1) is 15.6. The highest BCUT2D eigenvalue weighted by molar-refractivity contribution is 6.27. The Bertz CT molecular complexity index is 1210. The molecule has 9 heteroatoms. The number of fused-ring (bicyclic) bond motifs is 1. The molecule has 0 spiro atoms. The minimum Gasteiger partial charge on any atom is -0.489 e. The van der Waals surface area contributed by atoms with Crippen LogP contribution >= 0.6 is 0 Å². The number of aromatic amines is 1. The molecule has 1 aliphatic heterocycles. The number of carbonyl (C=O) groups excluding carboxylic acids is 2. The fourth-order valence-corrected chi connectivity index (χ4v) is 3.28. The maximum Gasteiger partial charge on any atom is 0.326 e. The van der Waals surface area contributed by atoms with Crippen LogP contribution in [0.5, 0.6) is 5.75 Å². The number of rotatable bonds is 7. The monoisotopic (exact) mass is 435 g/mol. The summed E-state index contributed by atoms with van der Waals surface area (Å²) in [5, 5.41) is 9.84. The molecule has 0 bridgehead atoms. The number of aliphatic imine (C=N–C) groups is 1. The topological polar surface area (TPSA) is 123 Å². The third kappa shape index (κ3) is 4.23. The number of aromatic nitrogens is 2. The average Bonchev–Trinajstić information content (AvgIpc) is 3.34. The summed E-state index contributed by atoms with van der Waals surface area (Å²) in [7, 11) is 0. The van der Waals surface area contributed by atoms with Gasteiger partial charge in [0.05, 0.1) is 13.2 Å². The minimum atomic E-state index is -1.32. The number of H-pyrrole nitrogens is 1. The van der Waals surface area contributed by atoms with Crippen molar-refractivity contribution < 1.29 is 28.9 Å². The molecule has 1 aliphatic rings. The van der Waals surface area contributed by atoms with Crippen LogP contribution in [0.4, 0.5) is 5.69 Å². The Hall–Kier alpha value is -3.98. The van der Waals surface area contributed by atoms with Crippen molar-refractivity contribution in [2.75, 3.05) is 19.8 Å². The number of aliphatic hydroxyl groups excluding tert-OH is 1. The molecule has 0 aliphatic carbocycles. The van der Waals surface area contributed by atoms with Gasteiger partial charge in [0.15, 0.2) is 11.7 Å². The highest BCUT2D eigenvalue weighted by atomic mass is 16.5. The first kappa shape index (κ1) is 21.3. The van der Waals surface area contributed by atoms with Crippen LogP contribution in [0.1, 0.15) is 12.5 Å². The molecule has 1 fully saturated rings. The Morgan fingerprint density at radius 3 is 2.97 bits per heavy atom. The second-order valence-corrected chi connectivity index (χ2v) is 6.79. The second-order valence-electron chi connectivity index (χ2n) is 6.79. The number of benzene rings is 1. The molecule has 164 valence electrons. The lowest BCUT2D eigenvalue weighted by atomic mass is 10.0. The Morgan fingerprint density at radius 1 is 1.31 bits per heavy atom. The molecule has 1 unspecified atom stereocenters. The van der Waals surface area contributed by atoms with E-state index in [1.54, 1.807) is 55.7 Å². The van der Waals surface area contributed by atoms with Gasteiger partial charge in [-0.1, -0.05) is 12.1 Å². The standard InChI is InChI=1S/C23H21N3O6/c1-2-30-23(29)19-20(28)18(12-14-13-25-21-15(14)6-5-9-24-21)32-22(19)26-16-7-3-4-8-17(16)31-11-10-27/h3-9,12-13,19,27H,2,10-11H2,1H3,(H,24,25)/b18-12-,26-22?. The first-order valence-electron chi connectivity index (χ1n) is 10.1. The summed E-state index contributed by atoms with van der Waals surface area (Å²) in [5.41, 5.74) is 1.71. The van der Waals surface area contributed by atoms with Crippen molar-refractivity contribution in [2.24, 2.45) is 10.9 Å². The van der Waals surface area contributed by atoms with Gasteiger partial charge in [0.25, 0.3) is 0 Å². The molecule has 3 heterocycles. The molecule has 32 heavy (non-hydrogen) atoms. The van der Waals surface area contributed by atoms with Crippen molar-refractivity contribution in [2.45, 2.75) is 6.92 Å². The van der Waals surface area contributed by atoms with Gasteiger partial charge >= 0.3 is 5.97 Å². The van der Waals surface area contributed by atoms with Gasteiger partial charge < -0.3 is 24.3 Å². The summed E-state index contributed by atoms with van der Waals surface area (Å²) >= 11 is 0. The third-order valence-corrected chi connectivity index (χ3v) is 4.70. The zero-order valence-corrected chi connectivity index (χ0v) is 17.3. The summed E-state index contributed by atoms with van der Waals surface area (Å²) in [4.78, 5) is 37.3. The molecule has 2 aromatic heterocycles. The van der Waals surface area contributed by atoms with Gasteiger partial charge in [-0.2, -0.15) is 0 Å². The Labute approximate surface area is 183 Å². The fourth-order valence-electron chi connectivity index (χ4n) is 3.28. The quantitative estimate of drug-likeness (QED) is 0.332. The Morgan fingerprint density at radius 2 is 2.16 bits per heavy atom. The number of Topliss-reactive ketones (excluding diaryl/α,β-unsaturated/α-hetero) is 1. The van der Waals surface area contributed by atoms with Crippen molar-refractivity contribution >= 4 is 40.4 Å². The van der Waals surface area contributed by atoms with Crippen LogP contribution in [0, 0.1) is 5.92 Å². The molecule has 1 atom stereocenters. The van der Waals surface area contributed by atoms with Crippen LogP contribution in [0.25, 0.3) is 17.1 Å². The van der Waals surface area contributed by atoms with E-state index in [0.717, 1.165) is 5.39 Å². The number of nitrogens with one attached hydrogen (secondary N) is 1. The van der Waals surface area contributed by atoms with E-state index >= 15 is 0 Å².